The van der Waals surface area contributed by atoms with Crippen LogP contribution in [0.5, 0.6) is 11.5 Å². The monoisotopic (exact) mass is 598 g/mol. The van der Waals surface area contributed by atoms with Gasteiger partial charge in [0.05, 0.1) is 19.1 Å². The van der Waals surface area contributed by atoms with Gasteiger partial charge < -0.3 is 29.8 Å². The van der Waals surface area contributed by atoms with Crippen LogP contribution >= 0.6 is 11.6 Å². The van der Waals surface area contributed by atoms with E-state index in [1.807, 2.05) is 63.2 Å². The minimum Gasteiger partial charge on any atom is -0.493 e. The fourth-order valence-electron chi connectivity index (χ4n) is 3.81. The molecule has 1 fully saturated rings. The Balaban J connectivity index is 0.000000303. The lowest BCUT2D eigenvalue weighted by Gasteiger charge is -2.20. The summed E-state index contributed by atoms with van der Waals surface area (Å²) in [6.45, 7) is 6.98. The van der Waals surface area contributed by atoms with Gasteiger partial charge in [-0.2, -0.15) is 0 Å². The second-order valence-electron chi connectivity index (χ2n) is 10.2. The van der Waals surface area contributed by atoms with E-state index in [4.69, 9.17) is 37.0 Å². The molecule has 10 heteroatoms. The number of benzene rings is 2. The summed E-state index contributed by atoms with van der Waals surface area (Å²) in [5.74, 6) is 1.71. The summed E-state index contributed by atoms with van der Waals surface area (Å²) in [5, 5.41) is 8.02. The number of aromatic amines is 1. The van der Waals surface area contributed by atoms with Gasteiger partial charge in [0.15, 0.2) is 17.8 Å². The fourth-order valence-corrected chi connectivity index (χ4v) is 3.94. The Labute approximate surface area is 253 Å². The number of anilines is 1. The number of esters is 1. The van der Waals surface area contributed by atoms with Gasteiger partial charge in [-0.05, 0) is 72.7 Å². The highest BCUT2D eigenvalue weighted by Gasteiger charge is 2.35. The molecule has 1 aliphatic carbocycles. The summed E-state index contributed by atoms with van der Waals surface area (Å²) in [6, 6.07) is 14.8. The quantitative estimate of drug-likeness (QED) is 0.0926. The minimum atomic E-state index is -0.208. The third-order valence-electron chi connectivity index (χ3n) is 6.17. The van der Waals surface area contributed by atoms with Crippen LogP contribution < -0.4 is 20.1 Å². The topological polar surface area (TPSA) is 131 Å². The van der Waals surface area contributed by atoms with Crippen molar-refractivity contribution in [3.05, 3.63) is 65.4 Å². The Hall–Kier alpha value is -3.82. The molecule has 3 aromatic rings. The minimum absolute atomic E-state index is 0.162. The van der Waals surface area contributed by atoms with Gasteiger partial charge in [0.1, 0.15) is 12.7 Å². The third-order valence-corrected chi connectivity index (χ3v) is 6.42. The molecule has 4 rings (SSSR count). The molecule has 4 N–H and O–H groups in total. The average molecular weight is 599 g/mol. The normalized spacial score (nSPS) is 12.6. The first-order valence-corrected chi connectivity index (χ1v) is 14.4. The number of aldehydes is 1. The molecule has 9 nitrogen and oxygen atoms in total. The van der Waals surface area contributed by atoms with Gasteiger partial charge in [-0.1, -0.05) is 44.5 Å². The molecule has 0 spiro atoms. The van der Waals surface area contributed by atoms with Crippen molar-refractivity contribution in [1.82, 2.24) is 4.98 Å². The molecule has 0 radical (unpaired) electrons. The van der Waals surface area contributed by atoms with Crippen LogP contribution in [0.3, 0.4) is 0 Å². The highest BCUT2D eigenvalue weighted by Crippen LogP contribution is 2.36. The molecule has 0 amide bonds. The van der Waals surface area contributed by atoms with Crippen molar-refractivity contribution in [2.24, 2.45) is 17.6 Å². The number of rotatable bonds is 12. The molecule has 1 atom stereocenters. The second kappa shape index (κ2) is 17.9. The van der Waals surface area contributed by atoms with E-state index in [0.717, 1.165) is 42.5 Å². The maximum atomic E-state index is 12.0. The van der Waals surface area contributed by atoms with E-state index in [1.165, 1.54) is 6.34 Å². The Morgan fingerprint density at radius 3 is 2.33 bits per heavy atom. The number of H-pyrrole nitrogens is 1. The van der Waals surface area contributed by atoms with Crippen molar-refractivity contribution < 1.29 is 23.8 Å². The summed E-state index contributed by atoms with van der Waals surface area (Å²) in [4.78, 5) is 26.9. The van der Waals surface area contributed by atoms with Crippen molar-refractivity contribution >= 4 is 35.9 Å². The van der Waals surface area contributed by atoms with Crippen LogP contribution in [-0.2, 0) is 9.53 Å². The van der Waals surface area contributed by atoms with Gasteiger partial charge in [0.2, 0.25) is 0 Å². The van der Waals surface area contributed by atoms with Gasteiger partial charge in [-0.25, -0.2) is 0 Å². The first-order valence-electron chi connectivity index (χ1n) is 14.0. The number of ether oxygens (including phenoxy) is 3. The van der Waals surface area contributed by atoms with Crippen molar-refractivity contribution in [3.63, 3.8) is 0 Å². The maximum absolute atomic E-state index is 12.0. The van der Waals surface area contributed by atoms with Crippen LogP contribution in [0.4, 0.5) is 5.69 Å². The number of carbonyl (C=O) groups is 2. The molecule has 0 bridgehead atoms. The molecule has 0 aliphatic heterocycles. The van der Waals surface area contributed by atoms with Crippen LogP contribution in [0, 0.1) is 17.2 Å². The van der Waals surface area contributed by atoms with E-state index in [1.54, 1.807) is 31.3 Å². The number of nitrogens with zero attached hydrogens (tertiary/aromatic N) is 1. The number of hydrogen-bond acceptors (Lipinski definition) is 7. The lowest BCUT2D eigenvalue weighted by Crippen LogP contribution is -2.27. The molecule has 42 heavy (non-hydrogen) atoms. The van der Waals surface area contributed by atoms with Gasteiger partial charge in [0, 0.05) is 36.4 Å². The van der Waals surface area contributed by atoms with E-state index in [2.05, 4.69) is 4.98 Å². The van der Waals surface area contributed by atoms with Crippen LogP contribution in [0.2, 0.25) is 5.02 Å². The summed E-state index contributed by atoms with van der Waals surface area (Å²) < 4.78 is 16.9. The van der Waals surface area contributed by atoms with Crippen LogP contribution in [-0.4, -0.2) is 57.0 Å². The molecule has 1 unspecified atom stereocenters. The number of nitrogens with two attached hydrogens (primary N) is 1. The maximum Gasteiger partial charge on any atom is 0.306 e. The summed E-state index contributed by atoms with van der Waals surface area (Å²) >= 11 is 5.77. The Bertz CT molecular complexity index is 1260. The first kappa shape index (κ1) is 34.4. The summed E-state index contributed by atoms with van der Waals surface area (Å²) in [5.41, 5.74) is 8.29. The van der Waals surface area contributed by atoms with Gasteiger partial charge in [0.25, 0.3) is 0 Å². The molecule has 1 saturated carbocycles. The number of carbonyl (C=O) groups excluding carboxylic acids is 2. The molecule has 228 valence electrons. The zero-order valence-electron chi connectivity index (χ0n) is 25.1. The highest BCUT2D eigenvalue weighted by molar-refractivity contribution is 6.30. The van der Waals surface area contributed by atoms with E-state index >= 15 is 0 Å². The summed E-state index contributed by atoms with van der Waals surface area (Å²) in [6.07, 6.45) is 6.18. The Morgan fingerprint density at radius 2 is 1.81 bits per heavy atom. The first-order chi connectivity index (χ1) is 20.1. The van der Waals surface area contributed by atoms with E-state index in [0.29, 0.717) is 41.2 Å². The molecular formula is C32H43ClN4O5. The van der Waals surface area contributed by atoms with Gasteiger partial charge in [-0.3, -0.25) is 15.0 Å². The third kappa shape index (κ3) is 11.6. The number of aromatic nitrogens is 1. The van der Waals surface area contributed by atoms with Crippen molar-refractivity contribution in [1.29, 1.82) is 5.41 Å². The van der Waals surface area contributed by atoms with E-state index in [9.17, 15) is 9.59 Å². The zero-order chi connectivity index (χ0) is 31.1. The zero-order valence-corrected chi connectivity index (χ0v) is 25.8. The highest BCUT2D eigenvalue weighted by atomic mass is 35.5. The van der Waals surface area contributed by atoms with Gasteiger partial charge >= 0.3 is 5.97 Å². The molecule has 1 heterocycles. The van der Waals surface area contributed by atoms with E-state index in [-0.39, 0.29) is 18.0 Å². The van der Waals surface area contributed by atoms with Crippen LogP contribution in [0.1, 0.15) is 50.5 Å². The number of nitrogens with one attached hydrogen (secondary N) is 2. The summed E-state index contributed by atoms with van der Waals surface area (Å²) in [7, 11) is 3.37. The van der Waals surface area contributed by atoms with Crippen LogP contribution in [0.15, 0.2) is 54.7 Å². The molecule has 1 aliphatic rings. The Kier molecular flexibility index (Phi) is 14.6. The lowest BCUT2D eigenvalue weighted by molar-refractivity contribution is -0.152. The standard InChI is InChI=1S/C19H28N2O4.C11H8ClNO.C2H7N/c1-13(2)9-19(22)25-18(14-5-6-14)11-24-16-8-7-15(21(3)12-20)10-17(16)23-4;12-10-3-1-8(2-4-10)9-5-11(7-14)13-6-9;1-2-3/h7-8,10,12-14,18,20H,5-6,9,11H2,1-4H3;1-7,13H;2-3H2,1H3. The molecule has 0 saturated heterocycles. The number of halogens is 1. The smallest absolute Gasteiger partial charge is 0.306 e. The van der Waals surface area contributed by atoms with Crippen molar-refractivity contribution in [2.75, 3.05) is 32.2 Å². The molecule has 1 aromatic heterocycles. The molecular weight excluding hydrogens is 556 g/mol. The second-order valence-corrected chi connectivity index (χ2v) is 10.7. The lowest BCUT2D eigenvalue weighted by atomic mass is 10.1. The van der Waals surface area contributed by atoms with Crippen molar-refractivity contribution in [3.8, 4) is 22.6 Å². The predicted molar refractivity (Wildman–Crippen MR) is 169 cm³/mol. The average Bonchev–Trinajstić information content (AvgIpc) is 3.71. The van der Waals surface area contributed by atoms with Crippen molar-refractivity contribution in [2.45, 2.75) is 46.1 Å². The number of methoxy groups -OCH3 is 1. The molecule has 2 aromatic carbocycles. The van der Waals surface area contributed by atoms with E-state index < -0.39 is 0 Å². The largest absolute Gasteiger partial charge is 0.493 e. The fraction of sp³-hybridized carbons (Fsp3) is 0.406. The van der Waals surface area contributed by atoms with Crippen LogP contribution in [0.25, 0.3) is 11.1 Å². The SMILES string of the molecule is CCN.COc1cc(N(C)C=N)ccc1OCC(OC(=O)CC(C)C)C1CC1.O=Cc1cc(-c2ccc(Cl)cc2)c[nH]1. The predicted octanol–water partition coefficient (Wildman–Crippen LogP) is 6.60. The Morgan fingerprint density at radius 1 is 1.14 bits per heavy atom. The number of hydrogen-bond donors (Lipinski definition) is 3. The van der Waals surface area contributed by atoms with Gasteiger partial charge in [-0.15, -0.1) is 0 Å².